The summed E-state index contributed by atoms with van der Waals surface area (Å²) in [7, 11) is 2.17. The summed E-state index contributed by atoms with van der Waals surface area (Å²) in [5, 5.41) is 9.70. The van der Waals surface area contributed by atoms with E-state index in [0.29, 0.717) is 75.4 Å². The van der Waals surface area contributed by atoms with E-state index in [1.165, 1.54) is 51.4 Å². The lowest BCUT2D eigenvalue weighted by Gasteiger charge is -2.43. The Hall–Kier alpha value is -5.28. The van der Waals surface area contributed by atoms with E-state index in [-0.39, 0.29) is 48.8 Å². The first-order valence-corrected chi connectivity index (χ1v) is 28.2. The molecule has 1 N–H and O–H groups in total. The van der Waals surface area contributed by atoms with Crippen molar-refractivity contribution in [2.75, 3.05) is 59.4 Å². The summed E-state index contributed by atoms with van der Waals surface area (Å²) in [5.74, 6) is -0.707. The minimum absolute atomic E-state index is 0.0298. The summed E-state index contributed by atoms with van der Waals surface area (Å²) in [6.45, 7) is 12.1. The zero-order chi connectivity index (χ0) is 51.5. The summed E-state index contributed by atoms with van der Waals surface area (Å²) < 4.78 is 14.6. The number of unbranched alkanes of at least 4 members (excludes halogenated alkanes) is 12. The lowest BCUT2D eigenvalue weighted by molar-refractivity contribution is -0.148. The number of benzene rings is 2. The van der Waals surface area contributed by atoms with Crippen LogP contribution < -0.4 is 10.9 Å². The molecule has 4 aromatic rings. The smallest absolute Gasteiger partial charge is 0.318 e. The summed E-state index contributed by atoms with van der Waals surface area (Å²) in [4.78, 5) is 77.2. The van der Waals surface area contributed by atoms with Gasteiger partial charge in [0.1, 0.15) is 6.04 Å². The number of amides is 3. The highest BCUT2D eigenvalue weighted by Crippen LogP contribution is 2.29. The molecule has 2 aromatic heterocycles. The molecule has 7 rings (SSSR count). The van der Waals surface area contributed by atoms with Crippen molar-refractivity contribution in [1.29, 1.82) is 0 Å². The van der Waals surface area contributed by atoms with Crippen molar-refractivity contribution in [3.63, 3.8) is 0 Å². The number of nitrogens with zero attached hydrogens (tertiary/aromatic N) is 7. The lowest BCUT2D eigenvalue weighted by Crippen LogP contribution is -2.59. The molecule has 0 radical (unpaired) electrons. The van der Waals surface area contributed by atoms with Gasteiger partial charge in [0.15, 0.2) is 13.5 Å². The van der Waals surface area contributed by atoms with Crippen molar-refractivity contribution in [2.24, 2.45) is 0 Å². The van der Waals surface area contributed by atoms with Crippen LogP contribution >= 0.6 is 0 Å². The van der Waals surface area contributed by atoms with Gasteiger partial charge in [-0.2, -0.15) is 5.10 Å². The molecule has 3 fully saturated rings. The van der Waals surface area contributed by atoms with Crippen LogP contribution in [0.25, 0.3) is 21.8 Å². The summed E-state index contributed by atoms with van der Waals surface area (Å²) >= 11 is 0. The molecule has 3 aliphatic heterocycles. The zero-order valence-electron chi connectivity index (χ0n) is 44.8. The summed E-state index contributed by atoms with van der Waals surface area (Å²) in [6.07, 6.45) is 22.0. The van der Waals surface area contributed by atoms with E-state index in [0.717, 1.165) is 105 Å². The maximum atomic E-state index is 14.7. The number of nitrogens with one attached hydrogen (secondary N) is 1. The number of urea groups is 1. The zero-order valence-corrected chi connectivity index (χ0v) is 44.8. The number of piperazine rings is 1. The minimum Gasteiger partial charge on any atom is -0.444 e. The molecule has 1 atom stereocenters. The molecule has 73 heavy (non-hydrogen) atoms. The number of carbonyl (C=O) groups excluding carboxylic acids is 4. The molecule has 3 amide bonds. The lowest BCUT2D eigenvalue weighted by atomic mass is 9.89. The largest absolute Gasteiger partial charge is 0.444 e. The third-order valence-electron chi connectivity index (χ3n) is 15.7. The van der Waals surface area contributed by atoms with Crippen LogP contribution in [0, 0.1) is 6.92 Å². The molecule has 15 heteroatoms. The van der Waals surface area contributed by atoms with E-state index in [4.69, 9.17) is 14.6 Å². The Morgan fingerprint density at radius 3 is 1.93 bits per heavy atom. The first-order chi connectivity index (χ1) is 35.5. The van der Waals surface area contributed by atoms with Gasteiger partial charge in [0, 0.05) is 81.7 Å². The highest BCUT2D eigenvalue weighted by atomic mass is 16.5. The van der Waals surface area contributed by atoms with Crippen LogP contribution in [0.15, 0.2) is 53.5 Å². The fourth-order valence-corrected chi connectivity index (χ4v) is 11.2. The highest BCUT2D eigenvalue weighted by Gasteiger charge is 2.34. The molecule has 400 valence electrons. The van der Waals surface area contributed by atoms with E-state index in [1.807, 2.05) is 60.5 Å². The molecule has 15 nitrogen and oxygen atoms in total. The van der Waals surface area contributed by atoms with Crippen LogP contribution in [0.5, 0.6) is 0 Å². The maximum Gasteiger partial charge on any atom is 0.318 e. The van der Waals surface area contributed by atoms with E-state index >= 15 is 0 Å². The predicted molar refractivity (Wildman–Crippen MR) is 288 cm³/mol. The van der Waals surface area contributed by atoms with Gasteiger partial charge in [-0.25, -0.2) is 9.48 Å². The van der Waals surface area contributed by atoms with Gasteiger partial charge in [0.05, 0.1) is 11.0 Å². The molecule has 0 bridgehead atoms. The number of fused-ring (bicyclic) bond motifs is 2. The second kappa shape index (κ2) is 28.4. The number of hydrogen-bond acceptors (Lipinski definition) is 10. The summed E-state index contributed by atoms with van der Waals surface area (Å²) in [6, 6.07) is 13.1. The number of aromatic nitrogens is 3. The molecule has 0 saturated carbocycles. The molecule has 0 aliphatic carbocycles. The fourth-order valence-electron chi connectivity index (χ4n) is 11.2. The number of aryl methyl sites for hydroxylation is 1. The van der Waals surface area contributed by atoms with Crippen LogP contribution in [-0.2, 0) is 43.7 Å². The Kier molecular flexibility index (Phi) is 21.6. The third kappa shape index (κ3) is 16.1. The van der Waals surface area contributed by atoms with Crippen LogP contribution in [0.2, 0.25) is 0 Å². The van der Waals surface area contributed by atoms with Gasteiger partial charge in [-0.05, 0) is 106 Å². The number of carbonyl (C=O) groups is 4. The molecule has 5 heterocycles. The minimum atomic E-state index is -0.805. The molecule has 2 aromatic carbocycles. The van der Waals surface area contributed by atoms with Crippen LogP contribution in [0.4, 0.5) is 4.79 Å². The van der Waals surface area contributed by atoms with Crippen LogP contribution in [-0.4, -0.2) is 129 Å². The Balaban J connectivity index is 0.986. The standard InChI is InChI=1S/C58H86N8O7/c1-5-7-9-11-13-15-17-23-53(67)72-42-65-41-48-38-45(37-44(3)55(48)60-65)39-51(57(70)63-35-33-62(34-36-63)49-27-29-61(4)30-28-49)59-58(71)64-31-25-46(26-32-64)50-40-47-21-19-20-22-52(47)66(56(50)69)43-73-54(68)24-18-16-14-12-10-8-6-2/h19-22,37-38,40-41,46,49,51H,5-18,23-36,39,42-43H2,1-4H3,(H,59,71). The first kappa shape index (κ1) is 55.5. The molecule has 3 aliphatic rings. The Labute approximate surface area is 434 Å². The Morgan fingerprint density at radius 2 is 1.29 bits per heavy atom. The maximum absolute atomic E-state index is 14.7. The second-order valence-electron chi connectivity index (χ2n) is 21.3. The van der Waals surface area contributed by atoms with Gasteiger partial charge < -0.3 is 29.5 Å². The molecular weight excluding hydrogens is 921 g/mol. The quantitative estimate of drug-likeness (QED) is 0.0476. The van der Waals surface area contributed by atoms with Crippen molar-refractivity contribution in [3.05, 3.63) is 75.7 Å². The number of likely N-dealkylation sites (tertiary alicyclic amines) is 2. The molecular formula is C58H86N8O7. The fraction of sp³-hybridized carbons (Fsp3) is 0.655. The Bertz CT molecular complexity index is 2460. The van der Waals surface area contributed by atoms with Crippen LogP contribution in [0.3, 0.4) is 0 Å². The number of hydrogen-bond donors (Lipinski definition) is 1. The second-order valence-corrected chi connectivity index (χ2v) is 21.3. The average Bonchev–Trinajstić information content (AvgIpc) is 3.83. The van der Waals surface area contributed by atoms with Crippen molar-refractivity contribution in [2.45, 2.75) is 187 Å². The van der Waals surface area contributed by atoms with Crippen molar-refractivity contribution in [1.82, 2.24) is 39.3 Å². The van der Waals surface area contributed by atoms with Crippen molar-refractivity contribution >= 4 is 45.7 Å². The molecule has 3 saturated heterocycles. The van der Waals surface area contributed by atoms with Gasteiger partial charge in [-0.3, -0.25) is 28.6 Å². The topological polar surface area (TPSA) is 152 Å². The van der Waals surface area contributed by atoms with Gasteiger partial charge in [0.25, 0.3) is 5.56 Å². The number of piperidine rings is 2. The van der Waals surface area contributed by atoms with E-state index in [2.05, 4.69) is 36.0 Å². The normalized spacial score (nSPS) is 16.8. The predicted octanol–water partition coefficient (Wildman–Crippen LogP) is 9.68. The number of pyridine rings is 1. The highest BCUT2D eigenvalue weighted by molar-refractivity contribution is 5.88. The molecule has 0 spiro atoms. The number of ether oxygens (including phenoxy) is 2. The number of para-hydroxylation sites is 1. The third-order valence-corrected chi connectivity index (χ3v) is 15.7. The van der Waals surface area contributed by atoms with E-state index < -0.39 is 6.04 Å². The molecule has 1 unspecified atom stereocenters. The first-order valence-electron chi connectivity index (χ1n) is 28.2. The van der Waals surface area contributed by atoms with Gasteiger partial charge in [-0.15, -0.1) is 0 Å². The summed E-state index contributed by atoms with van der Waals surface area (Å²) in [5.41, 5.74) is 3.83. The van der Waals surface area contributed by atoms with Crippen molar-refractivity contribution < 1.29 is 28.7 Å². The van der Waals surface area contributed by atoms with E-state index in [1.54, 1.807) is 14.1 Å². The van der Waals surface area contributed by atoms with Gasteiger partial charge in [-0.1, -0.05) is 115 Å². The SMILES string of the molecule is CCCCCCCCCC(=O)OCn1cc2cc(CC(NC(=O)N3CCC(c4cc5ccccc5n(COC(=O)CCCCCCCCC)c4=O)CC3)C(=O)N3CCN(C4CCN(C)CC4)CC3)cc(C)c2n1. The number of rotatable bonds is 26. The van der Waals surface area contributed by atoms with Gasteiger partial charge in [0.2, 0.25) is 5.91 Å². The van der Waals surface area contributed by atoms with Crippen LogP contribution in [0.1, 0.15) is 165 Å². The number of esters is 2. The van der Waals surface area contributed by atoms with Gasteiger partial charge >= 0.3 is 18.0 Å². The van der Waals surface area contributed by atoms with E-state index in [9.17, 15) is 24.0 Å². The Morgan fingerprint density at radius 1 is 0.685 bits per heavy atom. The average molecular weight is 1010 g/mol. The monoisotopic (exact) mass is 1010 g/mol. The van der Waals surface area contributed by atoms with Crippen molar-refractivity contribution in [3.8, 4) is 0 Å².